The van der Waals surface area contributed by atoms with Crippen molar-refractivity contribution in [1.82, 2.24) is 10.2 Å². The summed E-state index contributed by atoms with van der Waals surface area (Å²) in [4.78, 5) is 12.0. The van der Waals surface area contributed by atoms with Gasteiger partial charge in [-0.25, -0.2) is 0 Å². The Morgan fingerprint density at radius 2 is 2.20 bits per heavy atom. The fraction of sp³-hybridized carbons (Fsp3) is 0.158. The summed E-state index contributed by atoms with van der Waals surface area (Å²) in [6.45, 7) is 0. The molecule has 1 aliphatic rings. The molecule has 1 amide bonds. The fourth-order valence-electron chi connectivity index (χ4n) is 3.13. The molecule has 0 saturated heterocycles. The van der Waals surface area contributed by atoms with E-state index in [0.29, 0.717) is 12.2 Å². The Balaban J connectivity index is 1.70. The van der Waals surface area contributed by atoms with Crippen LogP contribution in [-0.4, -0.2) is 28.3 Å². The summed E-state index contributed by atoms with van der Waals surface area (Å²) in [7, 11) is 1.51. The number of ether oxygens (including phenoxy) is 1. The van der Waals surface area contributed by atoms with E-state index in [9.17, 15) is 9.90 Å². The van der Waals surface area contributed by atoms with Crippen molar-refractivity contribution in [2.24, 2.45) is 0 Å². The minimum absolute atomic E-state index is 0.00991. The van der Waals surface area contributed by atoms with Crippen molar-refractivity contribution < 1.29 is 14.6 Å². The molecule has 0 unspecified atom stereocenters. The van der Waals surface area contributed by atoms with Gasteiger partial charge in [-0.05, 0) is 35.4 Å². The predicted octanol–water partition coefficient (Wildman–Crippen LogP) is 3.42. The van der Waals surface area contributed by atoms with Crippen LogP contribution in [0.3, 0.4) is 0 Å². The van der Waals surface area contributed by atoms with E-state index in [4.69, 9.17) is 4.74 Å². The van der Waals surface area contributed by atoms with Gasteiger partial charge in [0.1, 0.15) is 0 Å². The number of allylic oxidation sites excluding steroid dienone is 1. The molecule has 3 aromatic rings. The number of H-pyrrole nitrogens is 1. The van der Waals surface area contributed by atoms with E-state index >= 15 is 0 Å². The summed E-state index contributed by atoms with van der Waals surface area (Å²) in [5.41, 5.74) is 3.67. The standard InChI is InChI=1S/C19H17N3O3/c1-25-18-6-11(3-5-17(18)23)2-4-12-8-19(24)21-16-9-15-13(7-14(12)16)10-20-22-15/h2-7,9-10,12,23H,8H2,1H3,(H,20,22)(H,21,24)/b4-2+/t12-/m0/s1. The smallest absolute Gasteiger partial charge is 0.225 e. The minimum atomic E-state index is -0.0251. The lowest BCUT2D eigenvalue weighted by molar-refractivity contribution is -0.116. The molecule has 0 saturated carbocycles. The van der Waals surface area contributed by atoms with Crippen molar-refractivity contribution in [2.75, 3.05) is 12.4 Å². The minimum Gasteiger partial charge on any atom is -0.504 e. The number of carbonyl (C=O) groups excluding carboxylic acids is 1. The number of hydrogen-bond acceptors (Lipinski definition) is 4. The van der Waals surface area contributed by atoms with Crippen molar-refractivity contribution in [2.45, 2.75) is 12.3 Å². The molecular formula is C19H17N3O3. The Hall–Kier alpha value is -3.28. The first-order valence-corrected chi connectivity index (χ1v) is 7.96. The SMILES string of the molecule is COc1cc(/C=C/[C@H]2CC(=O)Nc3cc4[nH]ncc4cc32)ccc1O. The molecule has 2 aromatic carbocycles. The summed E-state index contributed by atoms with van der Waals surface area (Å²) in [6.07, 6.45) is 6.11. The summed E-state index contributed by atoms with van der Waals surface area (Å²) in [5.74, 6) is 0.487. The van der Waals surface area contributed by atoms with Crippen LogP contribution in [0, 0.1) is 0 Å². The highest BCUT2D eigenvalue weighted by atomic mass is 16.5. The van der Waals surface area contributed by atoms with Crippen LogP contribution in [0.2, 0.25) is 0 Å². The number of aromatic amines is 1. The maximum absolute atomic E-state index is 12.0. The Labute approximate surface area is 144 Å². The number of carbonyl (C=O) groups is 1. The summed E-state index contributed by atoms with van der Waals surface area (Å²) >= 11 is 0. The van der Waals surface area contributed by atoms with Gasteiger partial charge in [0.2, 0.25) is 5.91 Å². The van der Waals surface area contributed by atoms with E-state index < -0.39 is 0 Å². The first-order valence-electron chi connectivity index (χ1n) is 7.96. The zero-order valence-electron chi connectivity index (χ0n) is 13.6. The number of fused-ring (bicyclic) bond motifs is 2. The highest BCUT2D eigenvalue weighted by Gasteiger charge is 2.24. The summed E-state index contributed by atoms with van der Waals surface area (Å²) < 4.78 is 5.13. The molecule has 2 heterocycles. The van der Waals surface area contributed by atoms with Gasteiger partial charge in [0.15, 0.2) is 11.5 Å². The quantitative estimate of drug-likeness (QED) is 0.684. The maximum Gasteiger partial charge on any atom is 0.225 e. The molecule has 6 nitrogen and oxygen atoms in total. The lowest BCUT2D eigenvalue weighted by Gasteiger charge is -2.23. The fourth-order valence-corrected chi connectivity index (χ4v) is 3.13. The molecule has 3 N–H and O–H groups in total. The first kappa shape index (κ1) is 15.3. The number of hydrogen-bond donors (Lipinski definition) is 3. The number of anilines is 1. The molecule has 0 aliphatic carbocycles. The average Bonchev–Trinajstić information content (AvgIpc) is 3.06. The zero-order chi connectivity index (χ0) is 17.4. The molecule has 0 bridgehead atoms. The van der Waals surface area contributed by atoms with Gasteiger partial charge in [0.05, 0.1) is 18.8 Å². The predicted molar refractivity (Wildman–Crippen MR) is 95.8 cm³/mol. The van der Waals surface area contributed by atoms with Crippen LogP contribution in [0.4, 0.5) is 5.69 Å². The summed E-state index contributed by atoms with van der Waals surface area (Å²) in [5, 5.41) is 20.6. The third kappa shape index (κ3) is 2.82. The first-order chi connectivity index (χ1) is 12.1. The number of methoxy groups -OCH3 is 1. The van der Waals surface area contributed by atoms with Crippen molar-refractivity contribution in [3.05, 3.63) is 53.7 Å². The number of aromatic hydroxyl groups is 1. The Morgan fingerprint density at radius 3 is 3.04 bits per heavy atom. The van der Waals surface area contributed by atoms with Crippen LogP contribution in [0.5, 0.6) is 11.5 Å². The number of nitrogens with one attached hydrogen (secondary N) is 2. The molecule has 0 fully saturated rings. The molecule has 126 valence electrons. The van der Waals surface area contributed by atoms with Crippen molar-refractivity contribution in [1.29, 1.82) is 0 Å². The van der Waals surface area contributed by atoms with Gasteiger partial charge in [-0.1, -0.05) is 18.2 Å². The zero-order valence-corrected chi connectivity index (χ0v) is 13.6. The van der Waals surface area contributed by atoms with E-state index in [1.165, 1.54) is 7.11 Å². The van der Waals surface area contributed by atoms with E-state index in [0.717, 1.165) is 27.7 Å². The van der Waals surface area contributed by atoms with Crippen LogP contribution in [0.1, 0.15) is 23.5 Å². The highest BCUT2D eigenvalue weighted by molar-refractivity contribution is 5.98. The van der Waals surface area contributed by atoms with Gasteiger partial charge in [-0.15, -0.1) is 0 Å². The van der Waals surface area contributed by atoms with Gasteiger partial charge in [0.25, 0.3) is 0 Å². The Kier molecular flexibility index (Phi) is 3.65. The van der Waals surface area contributed by atoms with E-state index in [1.54, 1.807) is 24.4 Å². The molecule has 1 aliphatic heterocycles. The van der Waals surface area contributed by atoms with Gasteiger partial charge < -0.3 is 15.2 Å². The highest BCUT2D eigenvalue weighted by Crippen LogP contribution is 2.36. The Morgan fingerprint density at radius 1 is 1.32 bits per heavy atom. The van der Waals surface area contributed by atoms with Crippen molar-refractivity contribution >= 4 is 28.6 Å². The molecule has 1 aromatic heterocycles. The number of aromatic nitrogens is 2. The van der Waals surface area contributed by atoms with Crippen LogP contribution in [0.25, 0.3) is 17.0 Å². The lowest BCUT2D eigenvalue weighted by Crippen LogP contribution is -2.21. The summed E-state index contributed by atoms with van der Waals surface area (Å²) in [6, 6.07) is 9.13. The van der Waals surface area contributed by atoms with Crippen LogP contribution < -0.4 is 10.1 Å². The number of benzene rings is 2. The van der Waals surface area contributed by atoms with Crippen molar-refractivity contribution in [3.8, 4) is 11.5 Å². The second kappa shape index (κ2) is 5.98. The number of phenols is 1. The molecule has 0 radical (unpaired) electrons. The second-order valence-corrected chi connectivity index (χ2v) is 6.05. The molecule has 1 atom stereocenters. The number of nitrogens with zero attached hydrogens (tertiary/aromatic N) is 1. The van der Waals surface area contributed by atoms with Gasteiger partial charge >= 0.3 is 0 Å². The van der Waals surface area contributed by atoms with Crippen molar-refractivity contribution in [3.63, 3.8) is 0 Å². The third-order valence-electron chi connectivity index (χ3n) is 4.41. The topological polar surface area (TPSA) is 87.2 Å². The third-order valence-corrected chi connectivity index (χ3v) is 4.41. The molecule has 6 heteroatoms. The molecule has 0 spiro atoms. The van der Waals surface area contributed by atoms with Gasteiger partial charge in [-0.2, -0.15) is 5.10 Å². The lowest BCUT2D eigenvalue weighted by atomic mass is 9.89. The monoisotopic (exact) mass is 335 g/mol. The average molecular weight is 335 g/mol. The second-order valence-electron chi connectivity index (χ2n) is 6.05. The van der Waals surface area contributed by atoms with Gasteiger partial charge in [0, 0.05) is 23.4 Å². The maximum atomic E-state index is 12.0. The van der Waals surface area contributed by atoms with Crippen LogP contribution >= 0.6 is 0 Å². The number of phenolic OH excluding ortho intramolecular Hbond substituents is 1. The van der Waals surface area contributed by atoms with E-state index in [2.05, 4.69) is 21.6 Å². The van der Waals surface area contributed by atoms with Crippen LogP contribution in [0.15, 0.2) is 42.6 Å². The Bertz CT molecular complexity index is 991. The van der Waals surface area contributed by atoms with E-state index in [1.807, 2.05) is 18.2 Å². The van der Waals surface area contributed by atoms with Crippen LogP contribution in [-0.2, 0) is 4.79 Å². The molecule has 25 heavy (non-hydrogen) atoms. The molecule has 4 rings (SSSR count). The largest absolute Gasteiger partial charge is 0.504 e. The molecular weight excluding hydrogens is 318 g/mol. The number of rotatable bonds is 3. The normalized spacial score (nSPS) is 16.8. The van der Waals surface area contributed by atoms with Gasteiger partial charge in [-0.3, -0.25) is 9.89 Å². The number of amides is 1. The van der Waals surface area contributed by atoms with E-state index in [-0.39, 0.29) is 17.6 Å².